The molecule has 0 spiro atoms. The highest BCUT2D eigenvalue weighted by Gasteiger charge is 2.18. The van der Waals surface area contributed by atoms with Crippen LogP contribution in [0.3, 0.4) is 0 Å². The minimum Gasteiger partial charge on any atom is -0.288 e. The minimum atomic E-state index is -1.12. The van der Waals surface area contributed by atoms with E-state index in [1.165, 1.54) is 43.3 Å². The van der Waals surface area contributed by atoms with Crippen LogP contribution in [0.5, 0.6) is 0 Å². The maximum absolute atomic E-state index is 13.7. The summed E-state index contributed by atoms with van der Waals surface area (Å²) in [6.45, 7) is 1.44. The fourth-order valence-electron chi connectivity index (χ4n) is 1.58. The zero-order chi connectivity index (χ0) is 13.3. The van der Waals surface area contributed by atoms with E-state index < -0.39 is 17.4 Å². The molecule has 0 radical (unpaired) electrons. The van der Waals surface area contributed by atoms with Gasteiger partial charge in [-0.05, 0) is 42.8 Å². The highest BCUT2D eigenvalue weighted by atomic mass is 35.5. The standard InChI is InChI=1S/C14H9ClF2O/c1-8-2-7-11(13(17)12(8)16)14(18)9-3-5-10(15)6-4-9/h2-7H,1H3. The van der Waals surface area contributed by atoms with Crippen LogP contribution in [0.15, 0.2) is 36.4 Å². The predicted molar refractivity (Wildman–Crippen MR) is 66.0 cm³/mol. The summed E-state index contributed by atoms with van der Waals surface area (Å²) in [5.41, 5.74) is 0.155. The van der Waals surface area contributed by atoms with Crippen molar-refractivity contribution >= 4 is 17.4 Å². The van der Waals surface area contributed by atoms with E-state index in [9.17, 15) is 13.6 Å². The van der Waals surface area contributed by atoms with Crippen LogP contribution in [-0.4, -0.2) is 5.78 Å². The zero-order valence-corrected chi connectivity index (χ0v) is 10.3. The monoisotopic (exact) mass is 266 g/mol. The molecule has 0 saturated heterocycles. The maximum atomic E-state index is 13.7. The lowest BCUT2D eigenvalue weighted by Gasteiger charge is -2.05. The normalized spacial score (nSPS) is 10.4. The molecule has 0 unspecified atom stereocenters. The highest BCUT2D eigenvalue weighted by molar-refractivity contribution is 6.30. The summed E-state index contributed by atoms with van der Waals surface area (Å²) < 4.78 is 27.0. The lowest BCUT2D eigenvalue weighted by Crippen LogP contribution is -2.06. The number of aryl methyl sites for hydroxylation is 1. The van der Waals surface area contributed by atoms with E-state index in [1.54, 1.807) is 0 Å². The smallest absolute Gasteiger partial charge is 0.196 e. The van der Waals surface area contributed by atoms with E-state index in [0.29, 0.717) is 5.02 Å². The van der Waals surface area contributed by atoms with Crippen molar-refractivity contribution in [1.29, 1.82) is 0 Å². The number of halogens is 3. The Bertz CT molecular complexity index is 606. The number of hydrogen-bond acceptors (Lipinski definition) is 1. The highest BCUT2D eigenvalue weighted by Crippen LogP contribution is 2.20. The summed E-state index contributed by atoms with van der Waals surface area (Å²) in [5, 5.41) is 0.474. The molecule has 0 N–H and O–H groups in total. The molecule has 0 atom stereocenters. The number of ketones is 1. The minimum absolute atomic E-state index is 0.167. The van der Waals surface area contributed by atoms with Gasteiger partial charge < -0.3 is 0 Å². The van der Waals surface area contributed by atoms with Crippen LogP contribution >= 0.6 is 11.6 Å². The Morgan fingerprint density at radius 2 is 1.61 bits per heavy atom. The van der Waals surface area contributed by atoms with Crippen molar-refractivity contribution in [1.82, 2.24) is 0 Å². The third kappa shape index (κ3) is 2.27. The van der Waals surface area contributed by atoms with Crippen LogP contribution in [-0.2, 0) is 0 Å². The van der Waals surface area contributed by atoms with Gasteiger partial charge in [0.15, 0.2) is 17.4 Å². The Morgan fingerprint density at radius 3 is 2.22 bits per heavy atom. The first kappa shape index (κ1) is 12.7. The molecule has 0 fully saturated rings. The molecule has 2 aromatic carbocycles. The van der Waals surface area contributed by atoms with E-state index in [4.69, 9.17) is 11.6 Å². The fourth-order valence-corrected chi connectivity index (χ4v) is 1.70. The first-order valence-electron chi connectivity index (χ1n) is 5.25. The summed E-state index contributed by atoms with van der Waals surface area (Å²) in [7, 11) is 0. The van der Waals surface area contributed by atoms with Gasteiger partial charge >= 0.3 is 0 Å². The van der Waals surface area contributed by atoms with Gasteiger partial charge in [0.05, 0.1) is 5.56 Å². The quantitative estimate of drug-likeness (QED) is 0.746. The maximum Gasteiger partial charge on any atom is 0.196 e. The molecule has 4 heteroatoms. The molecule has 0 saturated carbocycles. The summed E-state index contributed by atoms with van der Waals surface area (Å²) in [6.07, 6.45) is 0. The van der Waals surface area contributed by atoms with Gasteiger partial charge in [-0.25, -0.2) is 8.78 Å². The zero-order valence-electron chi connectivity index (χ0n) is 9.51. The third-order valence-electron chi connectivity index (χ3n) is 2.63. The van der Waals surface area contributed by atoms with Crippen molar-refractivity contribution in [3.05, 3.63) is 69.7 Å². The molecule has 18 heavy (non-hydrogen) atoms. The Labute approximate surface area is 108 Å². The predicted octanol–water partition coefficient (Wildman–Crippen LogP) is 4.16. The lowest BCUT2D eigenvalue weighted by atomic mass is 10.0. The summed E-state index contributed by atoms with van der Waals surface area (Å²) in [6, 6.07) is 8.66. The Balaban J connectivity index is 2.46. The van der Waals surface area contributed by atoms with Crippen LogP contribution < -0.4 is 0 Å². The summed E-state index contributed by atoms with van der Waals surface area (Å²) in [4.78, 5) is 12.0. The van der Waals surface area contributed by atoms with Gasteiger partial charge in [-0.3, -0.25) is 4.79 Å². The van der Waals surface area contributed by atoms with Gasteiger partial charge in [-0.2, -0.15) is 0 Å². The summed E-state index contributed by atoms with van der Waals surface area (Å²) in [5.74, 6) is -2.67. The molecule has 0 aliphatic carbocycles. The van der Waals surface area contributed by atoms with Crippen LogP contribution in [0.2, 0.25) is 5.02 Å². The van der Waals surface area contributed by atoms with Crippen LogP contribution in [0.4, 0.5) is 8.78 Å². The molecular formula is C14H9ClF2O. The third-order valence-corrected chi connectivity index (χ3v) is 2.88. The van der Waals surface area contributed by atoms with Gasteiger partial charge in [0, 0.05) is 10.6 Å². The second-order valence-corrected chi connectivity index (χ2v) is 4.33. The van der Waals surface area contributed by atoms with Crippen LogP contribution in [0, 0.1) is 18.6 Å². The van der Waals surface area contributed by atoms with Crippen molar-refractivity contribution in [3.63, 3.8) is 0 Å². The van der Waals surface area contributed by atoms with E-state index in [-0.39, 0.29) is 16.7 Å². The first-order chi connectivity index (χ1) is 8.50. The second kappa shape index (κ2) is 4.86. The molecule has 92 valence electrons. The number of carbonyl (C=O) groups is 1. The summed E-state index contributed by atoms with van der Waals surface area (Å²) >= 11 is 5.69. The Hall–Kier alpha value is -1.74. The van der Waals surface area contributed by atoms with Crippen molar-refractivity contribution in [2.75, 3.05) is 0 Å². The Kier molecular flexibility index (Phi) is 3.43. The average molecular weight is 267 g/mol. The molecule has 0 amide bonds. The molecule has 0 aromatic heterocycles. The molecule has 2 aromatic rings. The van der Waals surface area contributed by atoms with Gasteiger partial charge in [-0.1, -0.05) is 17.7 Å². The van der Waals surface area contributed by atoms with E-state index in [1.807, 2.05) is 0 Å². The van der Waals surface area contributed by atoms with Crippen molar-refractivity contribution in [2.45, 2.75) is 6.92 Å². The van der Waals surface area contributed by atoms with E-state index in [0.717, 1.165) is 0 Å². The van der Waals surface area contributed by atoms with Gasteiger partial charge in [0.1, 0.15) is 0 Å². The molecule has 2 rings (SSSR count). The van der Waals surface area contributed by atoms with Crippen molar-refractivity contribution < 1.29 is 13.6 Å². The molecule has 0 heterocycles. The first-order valence-corrected chi connectivity index (χ1v) is 5.63. The molecule has 0 aliphatic rings. The van der Waals surface area contributed by atoms with E-state index >= 15 is 0 Å². The van der Waals surface area contributed by atoms with Gasteiger partial charge in [0.25, 0.3) is 0 Å². The lowest BCUT2D eigenvalue weighted by molar-refractivity contribution is 0.103. The van der Waals surface area contributed by atoms with Crippen LogP contribution in [0.1, 0.15) is 21.5 Å². The number of hydrogen-bond donors (Lipinski definition) is 0. The van der Waals surface area contributed by atoms with Crippen molar-refractivity contribution in [2.24, 2.45) is 0 Å². The fraction of sp³-hybridized carbons (Fsp3) is 0.0714. The Morgan fingerprint density at radius 1 is 1.00 bits per heavy atom. The number of rotatable bonds is 2. The van der Waals surface area contributed by atoms with Crippen molar-refractivity contribution in [3.8, 4) is 0 Å². The molecule has 0 aliphatic heterocycles. The number of benzene rings is 2. The SMILES string of the molecule is Cc1ccc(C(=O)c2ccc(Cl)cc2)c(F)c1F. The van der Waals surface area contributed by atoms with Gasteiger partial charge in [-0.15, -0.1) is 0 Å². The topological polar surface area (TPSA) is 17.1 Å². The largest absolute Gasteiger partial charge is 0.288 e. The molecule has 1 nitrogen and oxygen atoms in total. The number of carbonyl (C=O) groups excluding carboxylic acids is 1. The molecular weight excluding hydrogens is 258 g/mol. The van der Waals surface area contributed by atoms with Crippen LogP contribution in [0.25, 0.3) is 0 Å². The second-order valence-electron chi connectivity index (χ2n) is 3.89. The molecule has 0 bridgehead atoms. The average Bonchev–Trinajstić information content (AvgIpc) is 2.36. The van der Waals surface area contributed by atoms with Gasteiger partial charge in [0.2, 0.25) is 0 Å². The van der Waals surface area contributed by atoms with E-state index in [2.05, 4.69) is 0 Å².